The average molecular weight is 337 g/mol. The van der Waals surface area contributed by atoms with Crippen molar-refractivity contribution in [3.8, 4) is 5.75 Å². The van der Waals surface area contributed by atoms with Crippen molar-refractivity contribution in [2.24, 2.45) is 5.84 Å². The van der Waals surface area contributed by atoms with Crippen molar-refractivity contribution < 1.29 is 14.3 Å². The summed E-state index contributed by atoms with van der Waals surface area (Å²) in [6.07, 6.45) is 0. The van der Waals surface area contributed by atoms with Crippen LogP contribution in [0.25, 0.3) is 10.9 Å². The van der Waals surface area contributed by atoms with E-state index in [0.717, 1.165) is 0 Å². The van der Waals surface area contributed by atoms with Gasteiger partial charge < -0.3 is 4.74 Å². The molecular weight excluding hydrogens is 318 g/mol. The van der Waals surface area contributed by atoms with E-state index in [0.29, 0.717) is 40.1 Å². The first kappa shape index (κ1) is 16.7. The number of rotatable bonds is 4. The van der Waals surface area contributed by atoms with Crippen LogP contribution in [0.3, 0.4) is 0 Å². The number of hydrazine groups is 1. The first-order valence-corrected chi connectivity index (χ1v) is 7.97. The zero-order valence-corrected chi connectivity index (χ0v) is 14.1. The number of carbonyl (C=O) groups excluding carboxylic acids is 2. The molecule has 0 spiro atoms. The largest absolute Gasteiger partial charge is 0.494 e. The Morgan fingerprint density at radius 3 is 2.44 bits per heavy atom. The average Bonchev–Trinajstić information content (AvgIpc) is 2.93. The Hall–Kier alpha value is -3.12. The number of carbonyl (C=O) groups is 2. The van der Waals surface area contributed by atoms with Gasteiger partial charge in [0.1, 0.15) is 5.75 Å². The van der Waals surface area contributed by atoms with Gasteiger partial charge in [0.2, 0.25) is 0 Å². The summed E-state index contributed by atoms with van der Waals surface area (Å²) < 4.78 is 6.94. The third-order valence-corrected chi connectivity index (χ3v) is 4.09. The molecule has 0 bridgehead atoms. The highest BCUT2D eigenvalue weighted by Crippen LogP contribution is 2.27. The van der Waals surface area contributed by atoms with Gasteiger partial charge in [-0.25, -0.2) is 5.84 Å². The van der Waals surface area contributed by atoms with Crippen LogP contribution in [0.4, 0.5) is 0 Å². The third kappa shape index (κ3) is 2.88. The number of hydrogen-bond donors (Lipinski definition) is 2. The highest BCUT2D eigenvalue weighted by Gasteiger charge is 2.23. The highest BCUT2D eigenvalue weighted by molar-refractivity contribution is 6.12. The number of ether oxygens (including phenoxy) is 1. The summed E-state index contributed by atoms with van der Waals surface area (Å²) in [4.78, 5) is 25.2. The van der Waals surface area contributed by atoms with Crippen molar-refractivity contribution in [2.75, 3.05) is 6.61 Å². The first-order chi connectivity index (χ1) is 12.1. The molecule has 128 valence electrons. The normalized spacial score (nSPS) is 10.7. The molecule has 0 saturated carbocycles. The van der Waals surface area contributed by atoms with Gasteiger partial charge in [-0.15, -0.1) is 0 Å². The Bertz CT molecular complexity index is 942. The van der Waals surface area contributed by atoms with E-state index in [-0.39, 0.29) is 5.91 Å². The smallest absolute Gasteiger partial charge is 0.267 e. The van der Waals surface area contributed by atoms with Gasteiger partial charge in [-0.1, -0.05) is 18.2 Å². The van der Waals surface area contributed by atoms with E-state index < -0.39 is 5.91 Å². The summed E-state index contributed by atoms with van der Waals surface area (Å²) >= 11 is 0. The minimum absolute atomic E-state index is 0.215. The molecule has 0 atom stereocenters. The van der Waals surface area contributed by atoms with Crippen LogP contribution < -0.4 is 16.0 Å². The highest BCUT2D eigenvalue weighted by atomic mass is 16.5. The van der Waals surface area contributed by atoms with Crippen LogP contribution >= 0.6 is 0 Å². The summed E-state index contributed by atoms with van der Waals surface area (Å²) in [7, 11) is 0. The standard InChI is InChI=1S/C19H19N3O3/c1-3-25-14-10-8-13(9-11-14)19(24)22-12(2)17(18(23)21-20)15-6-4-5-7-16(15)22/h4-11H,3,20H2,1-2H3,(H,21,23). The molecule has 6 nitrogen and oxygen atoms in total. The van der Waals surface area contributed by atoms with Crippen LogP contribution in [0, 0.1) is 6.92 Å². The lowest BCUT2D eigenvalue weighted by molar-refractivity contribution is 0.0954. The summed E-state index contributed by atoms with van der Waals surface area (Å²) in [6.45, 7) is 4.20. The molecule has 6 heteroatoms. The molecular formula is C19H19N3O3. The maximum Gasteiger partial charge on any atom is 0.267 e. The van der Waals surface area contributed by atoms with Gasteiger partial charge >= 0.3 is 0 Å². The SMILES string of the molecule is CCOc1ccc(C(=O)n2c(C)c(C(=O)NN)c3ccccc32)cc1. The lowest BCUT2D eigenvalue weighted by Crippen LogP contribution is -2.30. The number of aromatic nitrogens is 1. The van der Waals surface area contributed by atoms with Crippen molar-refractivity contribution in [1.82, 2.24) is 9.99 Å². The fourth-order valence-corrected chi connectivity index (χ4v) is 2.98. The van der Waals surface area contributed by atoms with Gasteiger partial charge in [0.05, 0.1) is 17.7 Å². The predicted molar refractivity (Wildman–Crippen MR) is 95.7 cm³/mol. The summed E-state index contributed by atoms with van der Waals surface area (Å²) in [5, 5.41) is 0.683. The fourth-order valence-electron chi connectivity index (χ4n) is 2.98. The molecule has 0 radical (unpaired) electrons. The molecule has 0 aliphatic rings. The van der Waals surface area contributed by atoms with E-state index >= 15 is 0 Å². The quantitative estimate of drug-likeness (QED) is 0.435. The minimum atomic E-state index is -0.424. The van der Waals surface area contributed by atoms with Crippen LogP contribution in [0.5, 0.6) is 5.75 Å². The molecule has 2 aromatic carbocycles. The molecule has 0 aliphatic carbocycles. The zero-order chi connectivity index (χ0) is 18.0. The van der Waals surface area contributed by atoms with Crippen LogP contribution in [0.15, 0.2) is 48.5 Å². The van der Waals surface area contributed by atoms with Crippen LogP contribution in [-0.2, 0) is 0 Å². The van der Waals surface area contributed by atoms with Gasteiger partial charge in [-0.3, -0.25) is 19.6 Å². The number of amides is 1. The van der Waals surface area contributed by atoms with E-state index in [9.17, 15) is 9.59 Å². The molecule has 0 aliphatic heterocycles. The molecule has 3 N–H and O–H groups in total. The lowest BCUT2D eigenvalue weighted by atomic mass is 10.1. The number of fused-ring (bicyclic) bond motifs is 1. The summed E-state index contributed by atoms with van der Waals surface area (Å²) in [5.41, 5.74) is 4.26. The number of nitrogens with zero attached hydrogens (tertiary/aromatic N) is 1. The van der Waals surface area contributed by atoms with E-state index in [1.807, 2.05) is 25.1 Å². The second-order valence-corrected chi connectivity index (χ2v) is 5.55. The van der Waals surface area contributed by atoms with Crippen molar-refractivity contribution in [2.45, 2.75) is 13.8 Å². The van der Waals surface area contributed by atoms with Crippen LogP contribution in [0.2, 0.25) is 0 Å². The number of nitrogens with one attached hydrogen (secondary N) is 1. The van der Waals surface area contributed by atoms with Gasteiger partial charge in [-0.05, 0) is 44.2 Å². The molecule has 25 heavy (non-hydrogen) atoms. The van der Waals surface area contributed by atoms with Crippen molar-refractivity contribution in [1.29, 1.82) is 0 Å². The second kappa shape index (κ2) is 6.78. The molecule has 3 aromatic rings. The topological polar surface area (TPSA) is 86.3 Å². The predicted octanol–water partition coefficient (Wildman–Crippen LogP) is 2.64. The van der Waals surface area contributed by atoms with E-state index in [1.54, 1.807) is 37.3 Å². The Balaban J connectivity index is 2.13. The van der Waals surface area contributed by atoms with Crippen molar-refractivity contribution >= 4 is 22.7 Å². The molecule has 0 saturated heterocycles. The van der Waals surface area contributed by atoms with E-state index in [2.05, 4.69) is 5.43 Å². The molecule has 0 fully saturated rings. The summed E-state index contributed by atoms with van der Waals surface area (Å²) in [6, 6.07) is 14.2. The Morgan fingerprint density at radius 1 is 1.12 bits per heavy atom. The Labute approximate surface area is 145 Å². The molecule has 1 heterocycles. The molecule has 1 aromatic heterocycles. The lowest BCUT2D eigenvalue weighted by Gasteiger charge is -2.08. The molecule has 0 unspecified atom stereocenters. The first-order valence-electron chi connectivity index (χ1n) is 7.97. The zero-order valence-electron chi connectivity index (χ0n) is 14.1. The van der Waals surface area contributed by atoms with E-state index in [4.69, 9.17) is 10.6 Å². The maximum atomic E-state index is 13.0. The Kier molecular flexibility index (Phi) is 4.54. The van der Waals surface area contributed by atoms with Crippen molar-refractivity contribution in [3.63, 3.8) is 0 Å². The van der Waals surface area contributed by atoms with Gasteiger partial charge in [0.25, 0.3) is 11.8 Å². The van der Waals surface area contributed by atoms with Gasteiger partial charge in [0, 0.05) is 16.6 Å². The van der Waals surface area contributed by atoms with Gasteiger partial charge in [0.15, 0.2) is 0 Å². The Morgan fingerprint density at radius 2 is 1.80 bits per heavy atom. The number of nitrogen functional groups attached to an aromatic ring is 1. The molecule has 3 rings (SSSR count). The van der Waals surface area contributed by atoms with Crippen LogP contribution in [-0.4, -0.2) is 23.0 Å². The van der Waals surface area contributed by atoms with Gasteiger partial charge in [-0.2, -0.15) is 0 Å². The molecule has 1 amide bonds. The summed E-state index contributed by atoms with van der Waals surface area (Å²) in [5.74, 6) is 5.36. The number of benzene rings is 2. The fraction of sp³-hybridized carbons (Fsp3) is 0.158. The van der Waals surface area contributed by atoms with E-state index in [1.165, 1.54) is 4.57 Å². The number of nitrogens with two attached hydrogens (primary N) is 1. The maximum absolute atomic E-state index is 13.0. The number of para-hydroxylation sites is 1. The third-order valence-electron chi connectivity index (χ3n) is 4.09. The second-order valence-electron chi connectivity index (χ2n) is 5.55. The number of hydrogen-bond acceptors (Lipinski definition) is 4. The monoisotopic (exact) mass is 337 g/mol. The van der Waals surface area contributed by atoms with Crippen LogP contribution in [0.1, 0.15) is 33.3 Å². The minimum Gasteiger partial charge on any atom is -0.494 e. The van der Waals surface area contributed by atoms with Crippen molar-refractivity contribution in [3.05, 3.63) is 65.4 Å².